The summed E-state index contributed by atoms with van der Waals surface area (Å²) in [5.74, 6) is 0.965. The fraction of sp³-hybridized carbons (Fsp3) is 0.600. The molecule has 0 aliphatic rings. The van der Waals surface area contributed by atoms with Crippen molar-refractivity contribution >= 4 is 11.8 Å². The monoisotopic (exact) mass is 196 g/mol. The number of aromatic nitrogens is 2. The van der Waals surface area contributed by atoms with Crippen molar-refractivity contribution in [2.75, 3.05) is 0 Å². The Labute approximate surface area is 84.2 Å². The standard InChI is InChI=1S/C10H16N2S/c1-8-5-9(12-7-11-8)6-13-10(2,3)4/h5,7H,6H2,1-4H3. The summed E-state index contributed by atoms with van der Waals surface area (Å²) in [6.45, 7) is 8.63. The van der Waals surface area contributed by atoms with Crippen LogP contribution in [-0.2, 0) is 5.75 Å². The fourth-order valence-electron chi connectivity index (χ4n) is 0.879. The van der Waals surface area contributed by atoms with Gasteiger partial charge in [-0.2, -0.15) is 0 Å². The highest BCUT2D eigenvalue weighted by Crippen LogP contribution is 2.26. The number of hydrogen-bond acceptors (Lipinski definition) is 3. The Kier molecular flexibility index (Phi) is 3.31. The van der Waals surface area contributed by atoms with E-state index in [9.17, 15) is 0 Å². The van der Waals surface area contributed by atoms with Crippen molar-refractivity contribution in [3.8, 4) is 0 Å². The Hall–Kier alpha value is -0.570. The minimum absolute atomic E-state index is 0.304. The van der Waals surface area contributed by atoms with Crippen molar-refractivity contribution in [2.45, 2.75) is 38.2 Å². The zero-order valence-corrected chi connectivity index (χ0v) is 9.48. The Morgan fingerprint density at radius 1 is 1.31 bits per heavy atom. The molecule has 0 atom stereocenters. The largest absolute Gasteiger partial charge is 0.242 e. The SMILES string of the molecule is Cc1cc(CSC(C)(C)C)ncn1. The van der Waals surface area contributed by atoms with Crippen molar-refractivity contribution in [1.82, 2.24) is 9.97 Å². The number of hydrogen-bond donors (Lipinski definition) is 0. The summed E-state index contributed by atoms with van der Waals surface area (Å²) < 4.78 is 0.304. The smallest absolute Gasteiger partial charge is 0.115 e. The first-order chi connectivity index (χ1) is 5.97. The number of aryl methyl sites for hydroxylation is 1. The first-order valence-corrected chi connectivity index (χ1v) is 5.37. The molecule has 0 unspecified atom stereocenters. The van der Waals surface area contributed by atoms with E-state index in [1.54, 1.807) is 6.33 Å². The van der Waals surface area contributed by atoms with Gasteiger partial charge in [-0.1, -0.05) is 20.8 Å². The highest BCUT2D eigenvalue weighted by molar-refractivity contribution is 7.99. The molecule has 0 aliphatic carbocycles. The Morgan fingerprint density at radius 3 is 2.54 bits per heavy atom. The highest BCUT2D eigenvalue weighted by atomic mass is 32.2. The van der Waals surface area contributed by atoms with Gasteiger partial charge in [-0.15, -0.1) is 11.8 Å². The Balaban J connectivity index is 2.55. The second kappa shape index (κ2) is 4.09. The fourth-order valence-corrected chi connectivity index (χ4v) is 1.62. The van der Waals surface area contributed by atoms with E-state index in [4.69, 9.17) is 0 Å². The highest BCUT2D eigenvalue weighted by Gasteiger charge is 2.10. The van der Waals surface area contributed by atoms with Crippen molar-refractivity contribution in [2.24, 2.45) is 0 Å². The second-order valence-electron chi connectivity index (χ2n) is 4.05. The average molecular weight is 196 g/mol. The lowest BCUT2D eigenvalue weighted by Gasteiger charge is -2.16. The minimum atomic E-state index is 0.304. The third-order valence-electron chi connectivity index (χ3n) is 1.51. The molecule has 2 nitrogen and oxygen atoms in total. The van der Waals surface area contributed by atoms with Crippen molar-refractivity contribution < 1.29 is 0 Å². The van der Waals surface area contributed by atoms with Crippen LogP contribution in [0.1, 0.15) is 32.2 Å². The van der Waals surface area contributed by atoms with Gasteiger partial charge in [-0.05, 0) is 13.0 Å². The van der Waals surface area contributed by atoms with Crippen LogP contribution >= 0.6 is 11.8 Å². The quantitative estimate of drug-likeness (QED) is 0.727. The third-order valence-corrected chi connectivity index (χ3v) is 2.82. The Morgan fingerprint density at radius 2 is 2.00 bits per heavy atom. The van der Waals surface area contributed by atoms with E-state index < -0.39 is 0 Å². The summed E-state index contributed by atoms with van der Waals surface area (Å²) in [5, 5.41) is 0. The molecule has 72 valence electrons. The molecule has 1 aromatic rings. The zero-order valence-electron chi connectivity index (χ0n) is 8.66. The lowest BCUT2D eigenvalue weighted by atomic mass is 10.3. The topological polar surface area (TPSA) is 25.8 Å². The molecule has 0 bridgehead atoms. The van der Waals surface area contributed by atoms with E-state index in [0.717, 1.165) is 17.1 Å². The molecular formula is C10H16N2S. The molecule has 0 spiro atoms. The molecule has 0 aromatic carbocycles. The van der Waals surface area contributed by atoms with Gasteiger partial charge in [0.2, 0.25) is 0 Å². The van der Waals surface area contributed by atoms with Gasteiger partial charge in [0, 0.05) is 16.2 Å². The predicted molar refractivity (Wildman–Crippen MR) is 57.8 cm³/mol. The summed E-state index contributed by atoms with van der Waals surface area (Å²) in [6, 6.07) is 2.04. The zero-order chi connectivity index (χ0) is 9.90. The van der Waals surface area contributed by atoms with Crippen LogP contribution < -0.4 is 0 Å². The maximum Gasteiger partial charge on any atom is 0.115 e. The number of rotatable bonds is 2. The molecule has 0 saturated heterocycles. The molecule has 0 fully saturated rings. The van der Waals surface area contributed by atoms with Crippen LogP contribution in [0.25, 0.3) is 0 Å². The molecule has 0 radical (unpaired) electrons. The molecule has 1 aromatic heterocycles. The number of nitrogens with zero attached hydrogens (tertiary/aromatic N) is 2. The van der Waals surface area contributed by atoms with Crippen LogP contribution in [0.4, 0.5) is 0 Å². The van der Waals surface area contributed by atoms with Gasteiger partial charge in [0.15, 0.2) is 0 Å². The molecule has 3 heteroatoms. The van der Waals surface area contributed by atoms with E-state index in [2.05, 4.69) is 30.7 Å². The normalized spacial score (nSPS) is 11.7. The van der Waals surface area contributed by atoms with Gasteiger partial charge in [0.25, 0.3) is 0 Å². The van der Waals surface area contributed by atoms with Crippen molar-refractivity contribution in [3.05, 3.63) is 23.8 Å². The van der Waals surface area contributed by atoms with E-state index in [1.165, 1.54) is 0 Å². The van der Waals surface area contributed by atoms with E-state index in [-0.39, 0.29) is 0 Å². The van der Waals surface area contributed by atoms with Gasteiger partial charge in [-0.3, -0.25) is 0 Å². The van der Waals surface area contributed by atoms with Crippen molar-refractivity contribution in [3.63, 3.8) is 0 Å². The lowest BCUT2D eigenvalue weighted by molar-refractivity contribution is 0.801. The first-order valence-electron chi connectivity index (χ1n) is 4.39. The van der Waals surface area contributed by atoms with E-state index in [0.29, 0.717) is 4.75 Å². The van der Waals surface area contributed by atoms with Crippen LogP contribution in [0.3, 0.4) is 0 Å². The Bertz CT molecular complexity index is 278. The van der Waals surface area contributed by atoms with Crippen LogP contribution in [0.5, 0.6) is 0 Å². The maximum atomic E-state index is 4.21. The molecule has 0 saturated carbocycles. The minimum Gasteiger partial charge on any atom is -0.242 e. The van der Waals surface area contributed by atoms with Gasteiger partial charge >= 0.3 is 0 Å². The molecule has 1 heterocycles. The second-order valence-corrected chi connectivity index (χ2v) is 5.85. The summed E-state index contributed by atoms with van der Waals surface area (Å²) in [7, 11) is 0. The third kappa shape index (κ3) is 4.27. The van der Waals surface area contributed by atoms with Crippen LogP contribution in [0.15, 0.2) is 12.4 Å². The molecule has 13 heavy (non-hydrogen) atoms. The van der Waals surface area contributed by atoms with E-state index >= 15 is 0 Å². The molecule has 0 aliphatic heterocycles. The molecule has 0 N–H and O–H groups in total. The molecular weight excluding hydrogens is 180 g/mol. The predicted octanol–water partition coefficient (Wildman–Crippen LogP) is 2.82. The van der Waals surface area contributed by atoms with Gasteiger partial charge in [0.05, 0.1) is 5.69 Å². The van der Waals surface area contributed by atoms with E-state index in [1.807, 2.05) is 24.8 Å². The van der Waals surface area contributed by atoms with Gasteiger partial charge in [-0.25, -0.2) is 9.97 Å². The summed E-state index contributed by atoms with van der Waals surface area (Å²) in [5.41, 5.74) is 2.16. The first kappa shape index (κ1) is 10.5. The van der Waals surface area contributed by atoms with Crippen molar-refractivity contribution in [1.29, 1.82) is 0 Å². The summed E-state index contributed by atoms with van der Waals surface area (Å²) in [4.78, 5) is 8.27. The lowest BCUT2D eigenvalue weighted by Crippen LogP contribution is -2.08. The van der Waals surface area contributed by atoms with Crippen LogP contribution in [0, 0.1) is 6.92 Å². The average Bonchev–Trinajstić information content (AvgIpc) is 2.00. The van der Waals surface area contributed by atoms with Crippen LogP contribution in [0.2, 0.25) is 0 Å². The summed E-state index contributed by atoms with van der Waals surface area (Å²) in [6.07, 6.45) is 1.63. The number of thioether (sulfide) groups is 1. The van der Waals surface area contributed by atoms with Gasteiger partial charge in [0.1, 0.15) is 6.33 Å². The van der Waals surface area contributed by atoms with Crippen LogP contribution in [-0.4, -0.2) is 14.7 Å². The maximum absolute atomic E-state index is 4.21. The molecule has 1 rings (SSSR count). The summed E-state index contributed by atoms with van der Waals surface area (Å²) >= 11 is 1.91. The van der Waals surface area contributed by atoms with Gasteiger partial charge < -0.3 is 0 Å². The molecule has 0 amide bonds.